The van der Waals surface area contributed by atoms with Gasteiger partial charge in [-0.15, -0.1) is 0 Å². The van der Waals surface area contributed by atoms with E-state index in [2.05, 4.69) is 35.8 Å². The molecule has 0 amide bonds. The molecule has 0 atom stereocenters. The van der Waals surface area contributed by atoms with Crippen LogP contribution in [0.25, 0.3) is 0 Å². The highest BCUT2D eigenvalue weighted by molar-refractivity contribution is 5.53. The SMILES string of the molecule is Cc1cnc(CN2CCC(CN(C)C)CC2)c(C)c1N. The highest BCUT2D eigenvalue weighted by Crippen LogP contribution is 2.22. The van der Waals surface area contributed by atoms with E-state index >= 15 is 0 Å². The summed E-state index contributed by atoms with van der Waals surface area (Å²) in [6.07, 6.45) is 4.48. The molecule has 2 N–H and O–H groups in total. The Balaban J connectivity index is 1.91. The second-order valence-corrected chi connectivity index (χ2v) is 6.41. The van der Waals surface area contributed by atoms with Crippen LogP contribution in [0.5, 0.6) is 0 Å². The number of aryl methyl sites for hydroxylation is 1. The molecule has 1 aliphatic rings. The number of pyridine rings is 1. The van der Waals surface area contributed by atoms with E-state index in [0.29, 0.717) is 0 Å². The first-order valence-corrected chi connectivity index (χ1v) is 7.55. The quantitative estimate of drug-likeness (QED) is 0.914. The van der Waals surface area contributed by atoms with Crippen LogP contribution in [0, 0.1) is 19.8 Å². The molecule has 20 heavy (non-hydrogen) atoms. The van der Waals surface area contributed by atoms with Crippen molar-refractivity contribution in [3.8, 4) is 0 Å². The monoisotopic (exact) mass is 276 g/mol. The summed E-state index contributed by atoms with van der Waals surface area (Å²) >= 11 is 0. The van der Waals surface area contributed by atoms with Crippen LogP contribution in [0.3, 0.4) is 0 Å². The van der Waals surface area contributed by atoms with Gasteiger partial charge >= 0.3 is 0 Å². The lowest BCUT2D eigenvalue weighted by Gasteiger charge is -2.33. The highest BCUT2D eigenvalue weighted by Gasteiger charge is 2.20. The number of aromatic nitrogens is 1. The van der Waals surface area contributed by atoms with Gasteiger partial charge in [-0.25, -0.2) is 0 Å². The van der Waals surface area contributed by atoms with Crippen LogP contribution in [0.1, 0.15) is 29.7 Å². The lowest BCUT2D eigenvalue weighted by atomic mass is 9.96. The zero-order chi connectivity index (χ0) is 14.7. The summed E-state index contributed by atoms with van der Waals surface area (Å²) in [6.45, 7) is 8.60. The highest BCUT2D eigenvalue weighted by atomic mass is 15.1. The predicted molar refractivity (Wildman–Crippen MR) is 84.7 cm³/mol. The van der Waals surface area contributed by atoms with E-state index in [-0.39, 0.29) is 0 Å². The van der Waals surface area contributed by atoms with Crippen molar-refractivity contribution in [1.29, 1.82) is 0 Å². The van der Waals surface area contributed by atoms with E-state index in [0.717, 1.165) is 35.0 Å². The Morgan fingerprint density at radius 3 is 2.55 bits per heavy atom. The minimum Gasteiger partial charge on any atom is -0.398 e. The lowest BCUT2D eigenvalue weighted by Crippen LogP contribution is -2.37. The smallest absolute Gasteiger partial charge is 0.0593 e. The van der Waals surface area contributed by atoms with E-state index < -0.39 is 0 Å². The summed E-state index contributed by atoms with van der Waals surface area (Å²) in [7, 11) is 4.32. The van der Waals surface area contributed by atoms with Gasteiger partial charge in [-0.05, 0) is 70.9 Å². The fourth-order valence-corrected chi connectivity index (χ4v) is 3.01. The molecule has 0 aliphatic carbocycles. The molecule has 0 spiro atoms. The van der Waals surface area contributed by atoms with Crippen molar-refractivity contribution in [2.45, 2.75) is 33.2 Å². The molecule has 1 aromatic heterocycles. The summed E-state index contributed by atoms with van der Waals surface area (Å²) in [4.78, 5) is 9.38. The van der Waals surface area contributed by atoms with Crippen molar-refractivity contribution in [2.75, 3.05) is 39.5 Å². The Morgan fingerprint density at radius 1 is 1.30 bits per heavy atom. The number of rotatable bonds is 4. The van der Waals surface area contributed by atoms with Gasteiger partial charge < -0.3 is 10.6 Å². The molecule has 2 rings (SSSR count). The van der Waals surface area contributed by atoms with Crippen molar-refractivity contribution < 1.29 is 0 Å². The molecule has 1 fully saturated rings. The van der Waals surface area contributed by atoms with Crippen molar-refractivity contribution in [2.24, 2.45) is 5.92 Å². The number of hydrogen-bond donors (Lipinski definition) is 1. The Bertz CT molecular complexity index is 448. The van der Waals surface area contributed by atoms with Crippen LogP contribution in [0.2, 0.25) is 0 Å². The Kier molecular flexibility index (Phi) is 5.00. The molecule has 1 aromatic rings. The average molecular weight is 276 g/mol. The number of piperidine rings is 1. The number of anilines is 1. The Labute approximate surface area is 123 Å². The minimum atomic E-state index is 0.846. The summed E-state index contributed by atoms with van der Waals surface area (Å²) < 4.78 is 0. The molecule has 0 bridgehead atoms. The molecule has 0 saturated carbocycles. The first-order chi connectivity index (χ1) is 9.47. The fraction of sp³-hybridized carbons (Fsp3) is 0.688. The van der Waals surface area contributed by atoms with Crippen LogP contribution < -0.4 is 5.73 Å². The lowest BCUT2D eigenvalue weighted by molar-refractivity contribution is 0.155. The molecular formula is C16H28N4. The van der Waals surface area contributed by atoms with Crippen molar-refractivity contribution in [1.82, 2.24) is 14.8 Å². The molecule has 1 saturated heterocycles. The van der Waals surface area contributed by atoms with Gasteiger partial charge in [-0.3, -0.25) is 9.88 Å². The van der Waals surface area contributed by atoms with E-state index in [1.807, 2.05) is 13.1 Å². The van der Waals surface area contributed by atoms with Crippen LogP contribution >= 0.6 is 0 Å². The van der Waals surface area contributed by atoms with E-state index in [1.54, 1.807) is 0 Å². The third kappa shape index (κ3) is 3.70. The molecule has 0 radical (unpaired) electrons. The number of nitrogen functional groups attached to an aromatic ring is 1. The maximum absolute atomic E-state index is 6.10. The number of hydrogen-bond acceptors (Lipinski definition) is 4. The molecule has 4 nitrogen and oxygen atoms in total. The summed E-state index contributed by atoms with van der Waals surface area (Å²) in [5.41, 5.74) is 10.4. The van der Waals surface area contributed by atoms with Gasteiger partial charge in [-0.1, -0.05) is 0 Å². The zero-order valence-electron chi connectivity index (χ0n) is 13.3. The molecule has 1 aliphatic heterocycles. The van der Waals surface area contributed by atoms with Crippen LogP contribution in [0.4, 0.5) is 5.69 Å². The van der Waals surface area contributed by atoms with Crippen LogP contribution in [0.15, 0.2) is 6.20 Å². The summed E-state index contributed by atoms with van der Waals surface area (Å²) in [5.74, 6) is 0.846. The van der Waals surface area contributed by atoms with Gasteiger partial charge in [0.05, 0.1) is 5.69 Å². The van der Waals surface area contributed by atoms with Crippen molar-refractivity contribution in [3.63, 3.8) is 0 Å². The van der Waals surface area contributed by atoms with Crippen molar-refractivity contribution in [3.05, 3.63) is 23.0 Å². The van der Waals surface area contributed by atoms with E-state index in [4.69, 9.17) is 5.73 Å². The Hall–Kier alpha value is -1.13. The molecular weight excluding hydrogens is 248 g/mol. The summed E-state index contributed by atoms with van der Waals surface area (Å²) in [5, 5.41) is 0. The van der Waals surface area contributed by atoms with Gasteiger partial charge in [-0.2, -0.15) is 0 Å². The van der Waals surface area contributed by atoms with Gasteiger partial charge in [0, 0.05) is 25.0 Å². The predicted octanol–water partition coefficient (Wildman–Crippen LogP) is 2.05. The average Bonchev–Trinajstić information content (AvgIpc) is 2.41. The zero-order valence-corrected chi connectivity index (χ0v) is 13.3. The van der Waals surface area contributed by atoms with Gasteiger partial charge in [0.25, 0.3) is 0 Å². The maximum Gasteiger partial charge on any atom is 0.0593 e. The Morgan fingerprint density at radius 2 is 1.95 bits per heavy atom. The van der Waals surface area contributed by atoms with E-state index in [9.17, 15) is 0 Å². The maximum atomic E-state index is 6.10. The fourth-order valence-electron chi connectivity index (χ4n) is 3.01. The van der Waals surface area contributed by atoms with Crippen LogP contribution in [-0.4, -0.2) is 48.5 Å². The van der Waals surface area contributed by atoms with Gasteiger partial charge in [0.15, 0.2) is 0 Å². The number of likely N-dealkylation sites (tertiary alicyclic amines) is 1. The van der Waals surface area contributed by atoms with E-state index in [1.165, 1.54) is 32.5 Å². The van der Waals surface area contributed by atoms with Crippen LogP contribution in [-0.2, 0) is 6.54 Å². The third-order valence-electron chi connectivity index (χ3n) is 4.38. The molecule has 112 valence electrons. The summed E-state index contributed by atoms with van der Waals surface area (Å²) in [6, 6.07) is 0. The first kappa shape index (κ1) is 15.3. The topological polar surface area (TPSA) is 45.4 Å². The van der Waals surface area contributed by atoms with Crippen molar-refractivity contribution >= 4 is 5.69 Å². The largest absolute Gasteiger partial charge is 0.398 e. The molecule has 0 unspecified atom stereocenters. The van der Waals surface area contributed by atoms with Gasteiger partial charge in [0.1, 0.15) is 0 Å². The second kappa shape index (κ2) is 6.55. The second-order valence-electron chi connectivity index (χ2n) is 6.41. The molecule has 2 heterocycles. The molecule has 4 heteroatoms. The minimum absolute atomic E-state index is 0.846. The first-order valence-electron chi connectivity index (χ1n) is 7.55. The standard InChI is InChI=1S/C16H28N4/c1-12-9-18-15(13(2)16(12)17)11-20-7-5-14(6-8-20)10-19(3)4/h9,14H,5-8,10-11H2,1-4H3,(H2,17,18). The normalized spacial score (nSPS) is 17.9. The number of nitrogens with two attached hydrogens (primary N) is 1. The van der Waals surface area contributed by atoms with Gasteiger partial charge in [0.2, 0.25) is 0 Å². The third-order valence-corrected chi connectivity index (χ3v) is 4.38. The number of nitrogens with zero attached hydrogens (tertiary/aromatic N) is 3. The molecule has 0 aromatic carbocycles.